The Morgan fingerprint density at radius 2 is 1.95 bits per heavy atom. The van der Waals surface area contributed by atoms with Gasteiger partial charge in [0.15, 0.2) is 0 Å². The molecule has 0 radical (unpaired) electrons. The monoisotopic (exact) mass is 278 g/mol. The Bertz CT molecular complexity index is 368. The van der Waals surface area contributed by atoms with Gasteiger partial charge >= 0.3 is 0 Å². The van der Waals surface area contributed by atoms with Crippen LogP contribution in [0.25, 0.3) is 0 Å². The van der Waals surface area contributed by atoms with E-state index < -0.39 is 0 Å². The molecule has 0 fully saturated rings. The average Bonchev–Trinajstić information content (AvgIpc) is 2.49. The standard InChI is InChI=1S/C16H26N2O2/c1-3-7-15(14-8-5-4-6-9-14)16(19)18-11-10-17-12-13-20-2/h4-6,8-9,15,17H,3,7,10-13H2,1-2H3,(H,18,19). The highest BCUT2D eigenvalue weighted by Crippen LogP contribution is 2.21. The molecular formula is C16H26N2O2. The van der Waals surface area contributed by atoms with E-state index in [-0.39, 0.29) is 11.8 Å². The first kappa shape index (κ1) is 16.7. The first-order chi connectivity index (χ1) is 9.79. The lowest BCUT2D eigenvalue weighted by Gasteiger charge is -2.16. The van der Waals surface area contributed by atoms with E-state index in [1.807, 2.05) is 30.3 Å². The van der Waals surface area contributed by atoms with Gasteiger partial charge in [0.05, 0.1) is 12.5 Å². The molecule has 4 nitrogen and oxygen atoms in total. The van der Waals surface area contributed by atoms with E-state index in [4.69, 9.17) is 4.74 Å². The van der Waals surface area contributed by atoms with Crippen LogP contribution in [-0.4, -0.2) is 39.3 Å². The number of carbonyl (C=O) groups is 1. The van der Waals surface area contributed by atoms with Gasteiger partial charge in [-0.3, -0.25) is 4.79 Å². The Balaban J connectivity index is 2.37. The maximum absolute atomic E-state index is 12.3. The second-order valence-electron chi connectivity index (χ2n) is 4.79. The fourth-order valence-electron chi connectivity index (χ4n) is 2.12. The highest BCUT2D eigenvalue weighted by atomic mass is 16.5. The van der Waals surface area contributed by atoms with Crippen molar-refractivity contribution < 1.29 is 9.53 Å². The molecule has 0 heterocycles. The first-order valence-corrected chi connectivity index (χ1v) is 7.32. The molecule has 20 heavy (non-hydrogen) atoms. The molecular weight excluding hydrogens is 252 g/mol. The third-order valence-corrected chi connectivity index (χ3v) is 3.18. The summed E-state index contributed by atoms with van der Waals surface area (Å²) >= 11 is 0. The number of nitrogens with one attached hydrogen (secondary N) is 2. The quantitative estimate of drug-likeness (QED) is 0.643. The van der Waals surface area contributed by atoms with Crippen molar-refractivity contribution in [1.29, 1.82) is 0 Å². The topological polar surface area (TPSA) is 50.4 Å². The van der Waals surface area contributed by atoms with Gasteiger partial charge in [0, 0.05) is 26.7 Å². The number of amides is 1. The molecule has 0 aliphatic rings. The lowest BCUT2D eigenvalue weighted by Crippen LogP contribution is -2.35. The molecule has 1 atom stereocenters. The number of rotatable bonds is 10. The van der Waals surface area contributed by atoms with E-state index in [1.165, 1.54) is 0 Å². The van der Waals surface area contributed by atoms with Gasteiger partial charge in [0.25, 0.3) is 0 Å². The van der Waals surface area contributed by atoms with Crippen LogP contribution in [0.2, 0.25) is 0 Å². The molecule has 0 saturated heterocycles. The summed E-state index contributed by atoms with van der Waals surface area (Å²) < 4.78 is 4.95. The Labute approximate surface area is 121 Å². The van der Waals surface area contributed by atoms with Crippen LogP contribution in [0, 0.1) is 0 Å². The molecule has 0 aliphatic heterocycles. The Morgan fingerprint density at radius 1 is 1.20 bits per heavy atom. The van der Waals surface area contributed by atoms with Crippen LogP contribution in [0.15, 0.2) is 30.3 Å². The predicted octanol–water partition coefficient (Wildman–Crippen LogP) is 1.92. The summed E-state index contributed by atoms with van der Waals surface area (Å²) in [6.45, 7) is 5.02. The molecule has 0 spiro atoms. The van der Waals surface area contributed by atoms with Crippen LogP contribution in [0.4, 0.5) is 0 Å². The van der Waals surface area contributed by atoms with Gasteiger partial charge in [-0.1, -0.05) is 43.7 Å². The average molecular weight is 278 g/mol. The number of hydrogen-bond acceptors (Lipinski definition) is 3. The van der Waals surface area contributed by atoms with Crippen molar-refractivity contribution >= 4 is 5.91 Å². The fourth-order valence-corrected chi connectivity index (χ4v) is 2.12. The van der Waals surface area contributed by atoms with Crippen LogP contribution in [0.3, 0.4) is 0 Å². The van der Waals surface area contributed by atoms with Crippen molar-refractivity contribution in [2.75, 3.05) is 33.4 Å². The van der Waals surface area contributed by atoms with Crippen LogP contribution in [0.1, 0.15) is 31.2 Å². The molecule has 0 bridgehead atoms. The number of methoxy groups -OCH3 is 1. The van der Waals surface area contributed by atoms with E-state index in [1.54, 1.807) is 7.11 Å². The lowest BCUT2D eigenvalue weighted by molar-refractivity contribution is -0.122. The third-order valence-electron chi connectivity index (χ3n) is 3.18. The van der Waals surface area contributed by atoms with E-state index in [0.717, 1.165) is 31.5 Å². The SMILES string of the molecule is CCCC(C(=O)NCCNCCOC)c1ccccc1. The summed E-state index contributed by atoms with van der Waals surface area (Å²) in [5.41, 5.74) is 1.10. The summed E-state index contributed by atoms with van der Waals surface area (Å²) in [5, 5.41) is 6.21. The van der Waals surface area contributed by atoms with Crippen LogP contribution in [0.5, 0.6) is 0 Å². The van der Waals surface area contributed by atoms with Crippen molar-refractivity contribution in [3.05, 3.63) is 35.9 Å². The number of benzene rings is 1. The Hall–Kier alpha value is -1.39. The summed E-state index contributed by atoms with van der Waals surface area (Å²) in [6.07, 6.45) is 1.88. The van der Waals surface area contributed by atoms with Crippen molar-refractivity contribution in [2.45, 2.75) is 25.7 Å². The van der Waals surface area contributed by atoms with Gasteiger partial charge in [0.1, 0.15) is 0 Å². The number of hydrogen-bond donors (Lipinski definition) is 2. The molecule has 1 aromatic rings. The highest BCUT2D eigenvalue weighted by Gasteiger charge is 2.18. The van der Waals surface area contributed by atoms with Gasteiger partial charge in [0.2, 0.25) is 5.91 Å². The van der Waals surface area contributed by atoms with Gasteiger partial charge < -0.3 is 15.4 Å². The Morgan fingerprint density at radius 3 is 2.60 bits per heavy atom. The van der Waals surface area contributed by atoms with Gasteiger partial charge in [-0.05, 0) is 12.0 Å². The minimum atomic E-state index is -0.0415. The second kappa shape index (κ2) is 10.4. The fraction of sp³-hybridized carbons (Fsp3) is 0.562. The minimum Gasteiger partial charge on any atom is -0.383 e. The molecule has 4 heteroatoms. The molecule has 0 aromatic heterocycles. The molecule has 1 rings (SSSR count). The van der Waals surface area contributed by atoms with E-state index >= 15 is 0 Å². The van der Waals surface area contributed by atoms with Crippen molar-refractivity contribution in [1.82, 2.24) is 10.6 Å². The Kier molecular flexibility index (Phi) is 8.67. The van der Waals surface area contributed by atoms with Crippen LogP contribution in [-0.2, 0) is 9.53 Å². The normalized spacial score (nSPS) is 12.1. The van der Waals surface area contributed by atoms with Gasteiger partial charge in [-0.25, -0.2) is 0 Å². The number of ether oxygens (including phenoxy) is 1. The summed E-state index contributed by atoms with van der Waals surface area (Å²) in [4.78, 5) is 12.3. The number of carbonyl (C=O) groups excluding carboxylic acids is 1. The summed E-state index contributed by atoms with van der Waals surface area (Å²) in [5.74, 6) is 0.0757. The highest BCUT2D eigenvalue weighted by molar-refractivity contribution is 5.83. The summed E-state index contributed by atoms with van der Waals surface area (Å²) in [7, 11) is 1.68. The summed E-state index contributed by atoms with van der Waals surface area (Å²) in [6, 6.07) is 9.99. The molecule has 2 N–H and O–H groups in total. The zero-order valence-electron chi connectivity index (χ0n) is 12.5. The minimum absolute atomic E-state index is 0.0415. The van der Waals surface area contributed by atoms with Crippen LogP contribution < -0.4 is 10.6 Å². The van der Waals surface area contributed by atoms with E-state index in [0.29, 0.717) is 13.2 Å². The molecule has 1 unspecified atom stereocenters. The van der Waals surface area contributed by atoms with Crippen molar-refractivity contribution in [2.24, 2.45) is 0 Å². The lowest BCUT2D eigenvalue weighted by atomic mass is 9.94. The molecule has 1 aromatic carbocycles. The maximum Gasteiger partial charge on any atom is 0.227 e. The predicted molar refractivity (Wildman–Crippen MR) is 81.8 cm³/mol. The van der Waals surface area contributed by atoms with Crippen molar-refractivity contribution in [3.8, 4) is 0 Å². The third kappa shape index (κ3) is 6.17. The first-order valence-electron chi connectivity index (χ1n) is 7.32. The van der Waals surface area contributed by atoms with Gasteiger partial charge in [-0.2, -0.15) is 0 Å². The largest absolute Gasteiger partial charge is 0.383 e. The zero-order chi connectivity index (χ0) is 14.6. The van der Waals surface area contributed by atoms with Crippen molar-refractivity contribution in [3.63, 3.8) is 0 Å². The van der Waals surface area contributed by atoms with Gasteiger partial charge in [-0.15, -0.1) is 0 Å². The molecule has 0 saturated carbocycles. The zero-order valence-corrected chi connectivity index (χ0v) is 12.5. The molecule has 0 aliphatic carbocycles. The van der Waals surface area contributed by atoms with Crippen LogP contribution >= 0.6 is 0 Å². The maximum atomic E-state index is 12.3. The smallest absolute Gasteiger partial charge is 0.227 e. The molecule has 112 valence electrons. The molecule has 1 amide bonds. The van der Waals surface area contributed by atoms with E-state index in [9.17, 15) is 4.79 Å². The van der Waals surface area contributed by atoms with E-state index in [2.05, 4.69) is 17.6 Å². The second-order valence-corrected chi connectivity index (χ2v) is 4.79.